The number of thiazole rings is 1. The number of amides is 1. The lowest BCUT2D eigenvalue weighted by molar-refractivity contribution is -0.116. The topological polar surface area (TPSA) is 88.6 Å². The number of nitrogens with one attached hydrogen (secondary N) is 1. The zero-order chi connectivity index (χ0) is 21.9. The monoisotopic (exact) mass is 449 g/mol. The molecule has 0 aliphatic carbocycles. The van der Waals surface area contributed by atoms with E-state index in [0.29, 0.717) is 5.13 Å². The average Bonchev–Trinajstić information content (AvgIpc) is 3.08. The van der Waals surface area contributed by atoms with Crippen LogP contribution in [0, 0.1) is 12.7 Å². The van der Waals surface area contributed by atoms with Crippen molar-refractivity contribution in [3.63, 3.8) is 0 Å². The van der Waals surface area contributed by atoms with E-state index in [0.717, 1.165) is 50.5 Å². The molecule has 0 aliphatic heterocycles. The number of halogens is 1. The van der Waals surface area contributed by atoms with Crippen LogP contribution in [0.5, 0.6) is 5.75 Å². The summed E-state index contributed by atoms with van der Waals surface area (Å²) in [5.41, 5.74) is 1.60. The fraction of sp³-hybridized carbons (Fsp3) is 0.200. The van der Waals surface area contributed by atoms with Crippen LogP contribution in [0.15, 0.2) is 53.4 Å². The molecule has 0 fully saturated rings. The molecule has 1 heterocycles. The number of sulfonamides is 1. The molecule has 0 saturated carbocycles. The predicted molar refractivity (Wildman–Crippen MR) is 114 cm³/mol. The summed E-state index contributed by atoms with van der Waals surface area (Å²) in [4.78, 5) is 17.6. The summed E-state index contributed by atoms with van der Waals surface area (Å²) in [5, 5.41) is 3.01. The summed E-state index contributed by atoms with van der Waals surface area (Å²) >= 11 is 1.30. The highest BCUT2D eigenvalue weighted by atomic mass is 32.2. The lowest BCUT2D eigenvalue weighted by Crippen LogP contribution is -2.34. The number of aromatic nitrogens is 1. The molecule has 0 atom stereocenters. The lowest BCUT2D eigenvalue weighted by Gasteiger charge is -2.16. The number of likely N-dealkylation sites (N-methyl/N-ethyl adjacent to an activating group) is 1. The van der Waals surface area contributed by atoms with E-state index in [1.165, 1.54) is 18.4 Å². The summed E-state index contributed by atoms with van der Waals surface area (Å²) in [6.45, 7) is 1.48. The van der Waals surface area contributed by atoms with E-state index < -0.39 is 28.3 Å². The first-order valence-electron chi connectivity index (χ1n) is 8.84. The van der Waals surface area contributed by atoms with Crippen LogP contribution in [-0.4, -0.2) is 44.3 Å². The average molecular weight is 450 g/mol. The van der Waals surface area contributed by atoms with Gasteiger partial charge >= 0.3 is 0 Å². The van der Waals surface area contributed by atoms with Crippen LogP contribution in [-0.2, 0) is 14.8 Å². The van der Waals surface area contributed by atoms with Crippen molar-refractivity contribution in [1.82, 2.24) is 9.29 Å². The molecule has 0 aliphatic rings. The van der Waals surface area contributed by atoms with Crippen molar-refractivity contribution in [3.8, 4) is 17.0 Å². The molecular formula is C20H20FN3O4S2. The second-order valence-electron chi connectivity index (χ2n) is 6.42. The lowest BCUT2D eigenvalue weighted by atomic mass is 10.1. The Balaban J connectivity index is 1.69. The number of nitrogens with zero attached hydrogens (tertiary/aromatic N) is 2. The maximum absolute atomic E-state index is 13.0. The Hall–Kier alpha value is -2.82. The Morgan fingerprint density at radius 3 is 2.40 bits per heavy atom. The zero-order valence-corrected chi connectivity index (χ0v) is 18.2. The van der Waals surface area contributed by atoms with Gasteiger partial charge in [0, 0.05) is 17.5 Å². The number of ether oxygens (including phenoxy) is 1. The van der Waals surface area contributed by atoms with Gasteiger partial charge in [-0.15, -0.1) is 11.3 Å². The number of carbonyl (C=O) groups is 1. The summed E-state index contributed by atoms with van der Waals surface area (Å²) in [6.07, 6.45) is 0. The third-order valence-corrected chi connectivity index (χ3v) is 7.00. The first kappa shape index (κ1) is 21.9. The van der Waals surface area contributed by atoms with Gasteiger partial charge in [0.05, 0.1) is 24.2 Å². The van der Waals surface area contributed by atoms with E-state index in [9.17, 15) is 17.6 Å². The van der Waals surface area contributed by atoms with E-state index in [1.807, 2.05) is 31.2 Å². The fourth-order valence-corrected chi connectivity index (χ4v) is 4.68. The zero-order valence-electron chi connectivity index (χ0n) is 16.5. The van der Waals surface area contributed by atoms with Crippen LogP contribution in [0.25, 0.3) is 11.3 Å². The number of methoxy groups -OCH3 is 1. The Morgan fingerprint density at radius 2 is 1.80 bits per heavy atom. The second-order valence-corrected chi connectivity index (χ2v) is 9.66. The minimum atomic E-state index is -3.92. The van der Waals surface area contributed by atoms with Crippen molar-refractivity contribution in [3.05, 3.63) is 59.2 Å². The Bertz CT molecular complexity index is 1140. The van der Waals surface area contributed by atoms with Crippen molar-refractivity contribution in [1.29, 1.82) is 0 Å². The van der Waals surface area contributed by atoms with E-state index in [1.54, 1.807) is 7.11 Å². The number of carbonyl (C=O) groups excluding carboxylic acids is 1. The van der Waals surface area contributed by atoms with Crippen LogP contribution in [0.1, 0.15) is 4.88 Å². The molecule has 0 bridgehead atoms. The Labute approximate surface area is 178 Å². The van der Waals surface area contributed by atoms with Gasteiger partial charge in [-0.25, -0.2) is 17.8 Å². The van der Waals surface area contributed by atoms with Crippen LogP contribution in [0.3, 0.4) is 0 Å². The van der Waals surface area contributed by atoms with Gasteiger partial charge < -0.3 is 10.1 Å². The highest BCUT2D eigenvalue weighted by Gasteiger charge is 2.23. The van der Waals surface area contributed by atoms with Gasteiger partial charge in [-0.2, -0.15) is 4.31 Å². The molecule has 158 valence electrons. The maximum atomic E-state index is 13.0. The molecule has 30 heavy (non-hydrogen) atoms. The first-order valence-corrected chi connectivity index (χ1v) is 11.1. The predicted octanol–water partition coefficient (Wildman–Crippen LogP) is 3.53. The van der Waals surface area contributed by atoms with Crippen molar-refractivity contribution < 1.29 is 22.3 Å². The summed E-state index contributed by atoms with van der Waals surface area (Å²) in [6, 6.07) is 11.8. The van der Waals surface area contributed by atoms with Gasteiger partial charge in [0.25, 0.3) is 0 Å². The van der Waals surface area contributed by atoms with Crippen LogP contribution < -0.4 is 10.1 Å². The van der Waals surface area contributed by atoms with E-state index in [4.69, 9.17) is 4.74 Å². The summed E-state index contributed by atoms with van der Waals surface area (Å²) in [7, 11) is -1.05. The molecule has 3 rings (SSSR count). The van der Waals surface area contributed by atoms with Crippen LogP contribution in [0.2, 0.25) is 0 Å². The van der Waals surface area contributed by atoms with Crippen LogP contribution >= 0.6 is 11.3 Å². The third kappa shape index (κ3) is 4.84. The van der Waals surface area contributed by atoms with Gasteiger partial charge in [0.15, 0.2) is 5.13 Å². The molecule has 1 amide bonds. The number of aryl methyl sites for hydroxylation is 1. The van der Waals surface area contributed by atoms with Crippen molar-refractivity contribution in [2.45, 2.75) is 11.8 Å². The molecule has 0 radical (unpaired) electrons. The number of hydrogen-bond donors (Lipinski definition) is 1. The SMILES string of the molecule is COc1ccc(-c2nc(NC(=O)CN(C)S(=O)(=O)c3ccc(F)cc3)sc2C)cc1. The van der Waals surface area contributed by atoms with Crippen molar-refractivity contribution in [2.24, 2.45) is 0 Å². The molecule has 0 unspecified atom stereocenters. The normalized spacial score (nSPS) is 11.5. The molecule has 1 N–H and O–H groups in total. The van der Waals surface area contributed by atoms with Crippen molar-refractivity contribution >= 4 is 32.4 Å². The maximum Gasteiger partial charge on any atom is 0.243 e. The Kier molecular flexibility index (Phi) is 6.49. The van der Waals surface area contributed by atoms with Gasteiger partial charge in [-0.05, 0) is 55.5 Å². The molecule has 1 aromatic heterocycles. The quantitative estimate of drug-likeness (QED) is 0.596. The van der Waals surface area contributed by atoms with Crippen LogP contribution in [0.4, 0.5) is 9.52 Å². The molecule has 7 nitrogen and oxygen atoms in total. The second kappa shape index (κ2) is 8.90. The van der Waals surface area contributed by atoms with E-state index in [-0.39, 0.29) is 4.90 Å². The highest BCUT2D eigenvalue weighted by Crippen LogP contribution is 2.31. The molecule has 3 aromatic rings. The number of hydrogen-bond acceptors (Lipinski definition) is 6. The minimum Gasteiger partial charge on any atom is -0.497 e. The standard InChI is InChI=1S/C20H20FN3O4S2/c1-13-19(14-4-8-16(28-3)9-5-14)23-20(29-13)22-18(25)12-24(2)30(26,27)17-10-6-15(21)7-11-17/h4-11H,12H2,1-3H3,(H,22,23,25). The molecule has 10 heteroatoms. The summed E-state index contributed by atoms with van der Waals surface area (Å²) in [5.74, 6) is -0.343. The smallest absolute Gasteiger partial charge is 0.243 e. The third-order valence-electron chi connectivity index (χ3n) is 4.29. The molecule has 0 saturated heterocycles. The van der Waals surface area contributed by atoms with Gasteiger partial charge in [-0.3, -0.25) is 4.79 Å². The van der Waals surface area contributed by atoms with Gasteiger partial charge in [0.1, 0.15) is 11.6 Å². The van der Waals surface area contributed by atoms with E-state index in [2.05, 4.69) is 10.3 Å². The Morgan fingerprint density at radius 1 is 1.17 bits per heavy atom. The largest absolute Gasteiger partial charge is 0.497 e. The van der Waals surface area contributed by atoms with Gasteiger partial charge in [-0.1, -0.05) is 0 Å². The number of rotatable bonds is 7. The highest BCUT2D eigenvalue weighted by molar-refractivity contribution is 7.89. The minimum absolute atomic E-state index is 0.0916. The first-order chi connectivity index (χ1) is 14.2. The summed E-state index contributed by atoms with van der Waals surface area (Å²) < 4.78 is 44.1. The fourth-order valence-electron chi connectivity index (χ4n) is 2.70. The molecular weight excluding hydrogens is 429 g/mol. The number of benzene rings is 2. The van der Waals surface area contributed by atoms with Gasteiger partial charge in [0.2, 0.25) is 15.9 Å². The number of anilines is 1. The van der Waals surface area contributed by atoms with Crippen molar-refractivity contribution in [2.75, 3.05) is 26.0 Å². The molecule has 0 spiro atoms. The molecule has 2 aromatic carbocycles. The van der Waals surface area contributed by atoms with E-state index >= 15 is 0 Å².